The molecule has 24 heavy (non-hydrogen) atoms. The average Bonchev–Trinajstić information content (AvgIpc) is 2.91. The number of rotatable bonds is 6. The van der Waals surface area contributed by atoms with E-state index in [4.69, 9.17) is 9.92 Å². The molecule has 5 heteroatoms. The molecule has 2 fully saturated rings. The smallest absolute Gasteiger partial charge is 0.264 e. The van der Waals surface area contributed by atoms with E-state index in [1.165, 1.54) is 44.9 Å². The van der Waals surface area contributed by atoms with Gasteiger partial charge in [-0.1, -0.05) is 27.7 Å². The number of hydrogen-bond donors (Lipinski definition) is 1. The Kier molecular flexibility index (Phi) is 8.21. The Bertz CT molecular complexity index is 471. The van der Waals surface area contributed by atoms with Gasteiger partial charge in [0.05, 0.1) is 12.9 Å². The van der Waals surface area contributed by atoms with Gasteiger partial charge in [0.1, 0.15) is 0 Å². The maximum Gasteiger partial charge on any atom is 0.264 e. The van der Waals surface area contributed by atoms with Crippen molar-refractivity contribution >= 4 is 10.1 Å². The SMILES string of the molecule is CC1(C)CCC(CCN)C1.CC1(C)CCC(CCOS(C)(=O)=O)C1. The predicted octanol–water partition coefficient (Wildman–Crippen LogP) is 4.34. The van der Waals surface area contributed by atoms with Gasteiger partial charge in [-0.2, -0.15) is 8.42 Å². The van der Waals surface area contributed by atoms with Gasteiger partial charge in [0.2, 0.25) is 0 Å². The first-order chi connectivity index (χ1) is 10.9. The highest BCUT2D eigenvalue weighted by Crippen LogP contribution is 2.42. The minimum Gasteiger partial charge on any atom is -0.330 e. The lowest BCUT2D eigenvalue weighted by Crippen LogP contribution is -2.09. The van der Waals surface area contributed by atoms with Crippen molar-refractivity contribution in [1.82, 2.24) is 0 Å². The zero-order chi connectivity index (χ0) is 18.4. The van der Waals surface area contributed by atoms with Gasteiger partial charge in [-0.25, -0.2) is 0 Å². The maximum atomic E-state index is 10.7. The summed E-state index contributed by atoms with van der Waals surface area (Å²) in [7, 11) is -3.24. The summed E-state index contributed by atoms with van der Waals surface area (Å²) in [6.45, 7) is 10.5. The van der Waals surface area contributed by atoms with E-state index < -0.39 is 10.1 Å². The Hall–Kier alpha value is -0.130. The molecule has 0 heterocycles. The topological polar surface area (TPSA) is 69.4 Å². The molecule has 2 atom stereocenters. The summed E-state index contributed by atoms with van der Waals surface area (Å²) in [6.07, 6.45) is 11.1. The standard InChI is InChI=1S/C10H20O3S.C9H19N/c1-10(2)6-4-9(8-10)5-7-13-14(3,11)12;1-9(2)5-3-8(7-9)4-6-10/h9H,4-8H2,1-3H3;8H,3-7,10H2,1-2H3. The van der Waals surface area contributed by atoms with Gasteiger partial charge in [-0.15, -0.1) is 0 Å². The van der Waals surface area contributed by atoms with E-state index in [0.29, 0.717) is 23.4 Å². The van der Waals surface area contributed by atoms with Crippen LogP contribution in [-0.4, -0.2) is 27.8 Å². The van der Waals surface area contributed by atoms with Crippen molar-refractivity contribution in [3.05, 3.63) is 0 Å². The van der Waals surface area contributed by atoms with Gasteiger partial charge in [-0.05, 0) is 80.6 Å². The fraction of sp³-hybridized carbons (Fsp3) is 1.00. The van der Waals surface area contributed by atoms with Crippen LogP contribution in [0.4, 0.5) is 0 Å². The molecule has 0 aromatic rings. The van der Waals surface area contributed by atoms with Crippen LogP contribution in [0.2, 0.25) is 0 Å². The van der Waals surface area contributed by atoms with Crippen molar-refractivity contribution in [3.63, 3.8) is 0 Å². The van der Waals surface area contributed by atoms with Crippen molar-refractivity contribution in [2.75, 3.05) is 19.4 Å². The molecule has 144 valence electrons. The summed E-state index contributed by atoms with van der Waals surface area (Å²) in [6, 6.07) is 0. The molecule has 0 amide bonds. The van der Waals surface area contributed by atoms with E-state index in [9.17, 15) is 8.42 Å². The first-order valence-corrected chi connectivity index (χ1v) is 11.3. The summed E-state index contributed by atoms with van der Waals surface area (Å²) < 4.78 is 26.2. The van der Waals surface area contributed by atoms with Crippen LogP contribution in [0.1, 0.15) is 79.1 Å². The molecule has 2 aliphatic carbocycles. The molecule has 0 aliphatic heterocycles. The predicted molar refractivity (Wildman–Crippen MR) is 101 cm³/mol. The quantitative estimate of drug-likeness (QED) is 0.714. The average molecular weight is 362 g/mol. The molecule has 2 rings (SSSR count). The second kappa shape index (κ2) is 9.00. The largest absolute Gasteiger partial charge is 0.330 e. The molecular weight excluding hydrogens is 322 g/mol. The van der Waals surface area contributed by atoms with E-state index in [1.807, 2.05) is 0 Å². The van der Waals surface area contributed by atoms with E-state index in [0.717, 1.165) is 25.1 Å². The molecule has 2 aliphatic rings. The highest BCUT2D eigenvalue weighted by Gasteiger charge is 2.31. The van der Waals surface area contributed by atoms with Gasteiger partial charge in [-0.3, -0.25) is 4.18 Å². The zero-order valence-electron chi connectivity index (χ0n) is 16.4. The van der Waals surface area contributed by atoms with Gasteiger partial charge in [0, 0.05) is 0 Å². The van der Waals surface area contributed by atoms with Crippen molar-refractivity contribution < 1.29 is 12.6 Å². The Morgan fingerprint density at radius 1 is 0.958 bits per heavy atom. The van der Waals surface area contributed by atoms with Crippen LogP contribution in [-0.2, 0) is 14.3 Å². The molecule has 0 saturated heterocycles. The maximum absolute atomic E-state index is 10.7. The van der Waals surface area contributed by atoms with Gasteiger partial charge in [0.25, 0.3) is 10.1 Å². The Morgan fingerprint density at radius 3 is 1.75 bits per heavy atom. The van der Waals surface area contributed by atoms with E-state index in [2.05, 4.69) is 27.7 Å². The highest BCUT2D eigenvalue weighted by atomic mass is 32.2. The van der Waals surface area contributed by atoms with Crippen LogP contribution in [0, 0.1) is 22.7 Å². The van der Waals surface area contributed by atoms with Crippen LogP contribution in [0.15, 0.2) is 0 Å². The van der Waals surface area contributed by atoms with Crippen molar-refractivity contribution in [1.29, 1.82) is 0 Å². The Labute approximate surface area is 150 Å². The Morgan fingerprint density at radius 2 is 1.42 bits per heavy atom. The number of nitrogens with two attached hydrogens (primary N) is 1. The molecular formula is C19H39NO3S. The van der Waals surface area contributed by atoms with Crippen LogP contribution in [0.25, 0.3) is 0 Å². The third-order valence-corrected chi connectivity index (χ3v) is 6.13. The first-order valence-electron chi connectivity index (χ1n) is 9.47. The summed E-state index contributed by atoms with van der Waals surface area (Å²) in [5, 5.41) is 0. The van der Waals surface area contributed by atoms with E-state index >= 15 is 0 Å². The third-order valence-electron chi connectivity index (χ3n) is 5.54. The fourth-order valence-electron chi connectivity index (χ4n) is 4.26. The second-order valence-electron chi connectivity index (χ2n) is 9.44. The molecule has 2 N–H and O–H groups in total. The molecule has 0 bridgehead atoms. The summed E-state index contributed by atoms with van der Waals surface area (Å²) in [4.78, 5) is 0. The Balaban J connectivity index is 0.000000254. The second-order valence-corrected chi connectivity index (χ2v) is 11.1. The van der Waals surface area contributed by atoms with Crippen LogP contribution >= 0.6 is 0 Å². The van der Waals surface area contributed by atoms with Gasteiger partial charge < -0.3 is 5.73 Å². The van der Waals surface area contributed by atoms with Crippen LogP contribution in [0.3, 0.4) is 0 Å². The summed E-state index contributed by atoms with van der Waals surface area (Å²) in [5.41, 5.74) is 6.55. The lowest BCUT2D eigenvalue weighted by atomic mass is 9.90. The minimum absolute atomic E-state index is 0.347. The number of hydrogen-bond acceptors (Lipinski definition) is 4. The van der Waals surface area contributed by atoms with Gasteiger partial charge in [0.15, 0.2) is 0 Å². The molecule has 0 aromatic carbocycles. The monoisotopic (exact) mass is 361 g/mol. The molecule has 2 saturated carbocycles. The summed E-state index contributed by atoms with van der Waals surface area (Å²) in [5.74, 6) is 1.58. The van der Waals surface area contributed by atoms with Crippen molar-refractivity contribution in [3.8, 4) is 0 Å². The highest BCUT2D eigenvalue weighted by molar-refractivity contribution is 7.85. The van der Waals surface area contributed by atoms with Crippen LogP contribution in [0.5, 0.6) is 0 Å². The summed E-state index contributed by atoms with van der Waals surface area (Å²) >= 11 is 0. The van der Waals surface area contributed by atoms with Crippen molar-refractivity contribution in [2.45, 2.75) is 79.1 Å². The normalized spacial score (nSPS) is 28.4. The lowest BCUT2D eigenvalue weighted by Gasteiger charge is -2.16. The van der Waals surface area contributed by atoms with Crippen molar-refractivity contribution in [2.24, 2.45) is 28.4 Å². The third kappa shape index (κ3) is 9.38. The van der Waals surface area contributed by atoms with Crippen LogP contribution < -0.4 is 5.73 Å². The molecule has 4 nitrogen and oxygen atoms in total. The molecule has 0 radical (unpaired) electrons. The minimum atomic E-state index is -3.24. The molecule has 2 unspecified atom stereocenters. The van der Waals surface area contributed by atoms with E-state index in [-0.39, 0.29) is 0 Å². The lowest BCUT2D eigenvalue weighted by molar-refractivity contribution is 0.274. The first kappa shape index (κ1) is 21.9. The van der Waals surface area contributed by atoms with E-state index in [1.54, 1.807) is 0 Å². The fourth-order valence-corrected chi connectivity index (χ4v) is 4.65. The zero-order valence-corrected chi connectivity index (χ0v) is 17.3. The van der Waals surface area contributed by atoms with Gasteiger partial charge >= 0.3 is 0 Å². The molecule has 0 aromatic heterocycles. The molecule has 0 spiro atoms.